The molecule has 21 heavy (non-hydrogen) atoms. The highest BCUT2D eigenvalue weighted by molar-refractivity contribution is 5.95. The van der Waals surface area contributed by atoms with E-state index >= 15 is 0 Å². The summed E-state index contributed by atoms with van der Waals surface area (Å²) in [5.41, 5.74) is 0.635. The minimum atomic E-state index is -0.0308. The lowest BCUT2D eigenvalue weighted by Gasteiger charge is -2.31. The Kier molecular flexibility index (Phi) is 3.03. The second-order valence-electron chi connectivity index (χ2n) is 6.23. The molecule has 0 saturated carbocycles. The van der Waals surface area contributed by atoms with Gasteiger partial charge in [-0.15, -0.1) is 0 Å². The minimum Gasteiger partial charge on any atom is -0.486 e. The fourth-order valence-electron chi connectivity index (χ4n) is 3.79. The van der Waals surface area contributed by atoms with E-state index in [9.17, 15) is 4.79 Å². The van der Waals surface area contributed by atoms with Crippen LogP contribution in [0.5, 0.6) is 11.5 Å². The van der Waals surface area contributed by atoms with Gasteiger partial charge in [-0.2, -0.15) is 0 Å². The smallest absolute Gasteiger partial charge is 0.252 e. The van der Waals surface area contributed by atoms with Gasteiger partial charge in [0.1, 0.15) is 13.2 Å². The van der Waals surface area contributed by atoms with Crippen molar-refractivity contribution in [3.05, 3.63) is 23.8 Å². The number of nitrogens with one attached hydrogen (secondary N) is 1. The highest BCUT2D eigenvalue weighted by atomic mass is 16.6. The summed E-state index contributed by atoms with van der Waals surface area (Å²) < 4.78 is 11.0. The molecule has 1 N–H and O–H groups in total. The molecule has 3 aliphatic rings. The summed E-state index contributed by atoms with van der Waals surface area (Å²) in [6.45, 7) is 4.46. The van der Waals surface area contributed by atoms with E-state index in [-0.39, 0.29) is 12.1 Å². The van der Waals surface area contributed by atoms with Gasteiger partial charge in [0.2, 0.25) is 0 Å². The molecule has 4 atom stereocenters. The van der Waals surface area contributed by atoms with Crippen molar-refractivity contribution in [2.24, 2.45) is 5.92 Å². The van der Waals surface area contributed by atoms with Crippen LogP contribution in [0.2, 0.25) is 0 Å². The number of rotatable bonds is 2. The number of carbonyl (C=O) groups is 1. The molecule has 2 saturated heterocycles. The highest BCUT2D eigenvalue weighted by Crippen LogP contribution is 2.36. The molecule has 112 valence electrons. The summed E-state index contributed by atoms with van der Waals surface area (Å²) in [7, 11) is 0. The maximum Gasteiger partial charge on any atom is 0.252 e. The third-order valence-electron chi connectivity index (χ3n) is 4.77. The number of carbonyl (C=O) groups excluding carboxylic acids is 1. The second-order valence-corrected chi connectivity index (χ2v) is 6.23. The van der Waals surface area contributed by atoms with Gasteiger partial charge in [-0.25, -0.2) is 0 Å². The zero-order chi connectivity index (χ0) is 14.4. The van der Waals surface area contributed by atoms with Gasteiger partial charge >= 0.3 is 0 Å². The summed E-state index contributed by atoms with van der Waals surface area (Å²) in [6.07, 6.45) is 2.51. The summed E-state index contributed by atoms with van der Waals surface area (Å²) >= 11 is 0. The normalized spacial score (nSPS) is 33.0. The molecule has 1 amide bonds. The van der Waals surface area contributed by atoms with Crippen molar-refractivity contribution in [2.45, 2.75) is 32.0 Å². The third kappa shape index (κ3) is 2.25. The van der Waals surface area contributed by atoms with Gasteiger partial charge in [0.05, 0.1) is 6.17 Å². The molecule has 2 fully saturated rings. The largest absolute Gasteiger partial charge is 0.486 e. The molecular formula is C16H20N2O3. The average Bonchev–Trinajstić information content (AvgIpc) is 3.05. The molecule has 3 heterocycles. The molecule has 1 aromatic rings. The van der Waals surface area contributed by atoms with E-state index in [1.807, 2.05) is 6.07 Å². The maximum atomic E-state index is 12.4. The first-order chi connectivity index (χ1) is 10.2. The van der Waals surface area contributed by atoms with E-state index in [4.69, 9.17) is 9.47 Å². The van der Waals surface area contributed by atoms with E-state index in [0.717, 1.165) is 24.6 Å². The van der Waals surface area contributed by atoms with Crippen LogP contribution in [0.4, 0.5) is 0 Å². The predicted molar refractivity (Wildman–Crippen MR) is 77.6 cm³/mol. The van der Waals surface area contributed by atoms with Gasteiger partial charge in [-0.05, 0) is 43.9 Å². The summed E-state index contributed by atoms with van der Waals surface area (Å²) in [4.78, 5) is 14.8. The minimum absolute atomic E-state index is 0.0308. The Morgan fingerprint density at radius 1 is 1.24 bits per heavy atom. The van der Waals surface area contributed by atoms with Crippen molar-refractivity contribution in [1.29, 1.82) is 0 Å². The van der Waals surface area contributed by atoms with Gasteiger partial charge in [0.25, 0.3) is 5.91 Å². The van der Waals surface area contributed by atoms with E-state index < -0.39 is 0 Å². The van der Waals surface area contributed by atoms with Crippen molar-refractivity contribution in [1.82, 2.24) is 10.2 Å². The number of ether oxygens (including phenoxy) is 2. The van der Waals surface area contributed by atoms with E-state index in [1.54, 1.807) is 12.1 Å². The zero-order valence-electron chi connectivity index (χ0n) is 12.2. The van der Waals surface area contributed by atoms with Crippen LogP contribution >= 0.6 is 0 Å². The first-order valence-electron chi connectivity index (χ1n) is 7.67. The Bertz CT molecular complexity index is 575. The monoisotopic (exact) mass is 288 g/mol. The number of amides is 1. The lowest BCUT2D eigenvalue weighted by Crippen LogP contribution is -2.48. The summed E-state index contributed by atoms with van der Waals surface area (Å²) in [5.74, 6) is 2.09. The SMILES string of the molecule is CC1CC2CC(NC(=O)c3ccc4c(c3)OCCO4)N1C2. The van der Waals surface area contributed by atoms with E-state index in [2.05, 4.69) is 17.1 Å². The third-order valence-corrected chi connectivity index (χ3v) is 4.77. The number of hydrogen-bond donors (Lipinski definition) is 1. The van der Waals surface area contributed by atoms with Crippen LogP contribution in [-0.2, 0) is 0 Å². The fourth-order valence-corrected chi connectivity index (χ4v) is 3.79. The van der Waals surface area contributed by atoms with Crippen molar-refractivity contribution in [2.75, 3.05) is 19.8 Å². The van der Waals surface area contributed by atoms with E-state index in [0.29, 0.717) is 30.6 Å². The van der Waals surface area contributed by atoms with Crippen LogP contribution in [-0.4, -0.2) is 42.8 Å². The molecule has 0 radical (unpaired) electrons. The first-order valence-corrected chi connectivity index (χ1v) is 7.67. The van der Waals surface area contributed by atoms with E-state index in [1.165, 1.54) is 6.42 Å². The molecule has 0 spiro atoms. The molecule has 4 unspecified atom stereocenters. The molecule has 3 aliphatic heterocycles. The fraction of sp³-hybridized carbons (Fsp3) is 0.562. The van der Waals surface area contributed by atoms with Gasteiger partial charge in [-0.3, -0.25) is 9.69 Å². The van der Waals surface area contributed by atoms with Crippen molar-refractivity contribution < 1.29 is 14.3 Å². The van der Waals surface area contributed by atoms with Gasteiger partial charge in [0, 0.05) is 18.2 Å². The first kappa shape index (κ1) is 13.0. The Balaban J connectivity index is 1.48. The molecule has 2 bridgehead atoms. The second kappa shape index (κ2) is 4.91. The van der Waals surface area contributed by atoms with Gasteiger partial charge in [0.15, 0.2) is 11.5 Å². The Hall–Kier alpha value is -1.75. The topological polar surface area (TPSA) is 50.8 Å². The highest BCUT2D eigenvalue weighted by Gasteiger charge is 2.42. The van der Waals surface area contributed by atoms with Gasteiger partial charge in [-0.1, -0.05) is 0 Å². The Morgan fingerprint density at radius 3 is 2.81 bits per heavy atom. The molecule has 5 nitrogen and oxygen atoms in total. The standard InChI is InChI=1S/C16H20N2O3/c1-10-6-11-7-15(18(10)9-11)17-16(19)12-2-3-13-14(8-12)21-5-4-20-13/h2-3,8,10-11,15H,4-7,9H2,1H3,(H,17,19). The molecule has 4 rings (SSSR count). The quantitative estimate of drug-likeness (QED) is 0.898. The van der Waals surface area contributed by atoms with Crippen LogP contribution in [0, 0.1) is 5.92 Å². The van der Waals surface area contributed by atoms with Crippen LogP contribution in [0.25, 0.3) is 0 Å². The van der Waals surface area contributed by atoms with Crippen molar-refractivity contribution in [3.8, 4) is 11.5 Å². The Labute approximate surface area is 124 Å². The number of fused-ring (bicyclic) bond motifs is 3. The molecule has 0 aliphatic carbocycles. The summed E-state index contributed by atoms with van der Waals surface area (Å²) in [6, 6.07) is 5.96. The maximum absolute atomic E-state index is 12.4. The van der Waals surface area contributed by atoms with Crippen LogP contribution in [0.15, 0.2) is 18.2 Å². The molecule has 0 aromatic heterocycles. The lowest BCUT2D eigenvalue weighted by atomic mass is 9.99. The number of piperidine rings is 1. The number of benzene rings is 1. The predicted octanol–water partition coefficient (Wildman–Crippen LogP) is 1.63. The van der Waals surface area contributed by atoms with Crippen LogP contribution in [0.3, 0.4) is 0 Å². The van der Waals surface area contributed by atoms with Crippen LogP contribution in [0.1, 0.15) is 30.1 Å². The molecular weight excluding hydrogens is 268 g/mol. The summed E-state index contributed by atoms with van der Waals surface area (Å²) in [5, 5.41) is 3.15. The average molecular weight is 288 g/mol. The Morgan fingerprint density at radius 2 is 2.05 bits per heavy atom. The number of hydrogen-bond acceptors (Lipinski definition) is 4. The molecule has 5 heteroatoms. The lowest BCUT2D eigenvalue weighted by molar-refractivity contribution is 0.0848. The van der Waals surface area contributed by atoms with Crippen molar-refractivity contribution in [3.63, 3.8) is 0 Å². The van der Waals surface area contributed by atoms with Crippen LogP contribution < -0.4 is 14.8 Å². The number of nitrogens with zero attached hydrogens (tertiary/aromatic N) is 1. The molecule has 1 aromatic carbocycles. The van der Waals surface area contributed by atoms with Gasteiger partial charge < -0.3 is 14.8 Å². The zero-order valence-corrected chi connectivity index (χ0v) is 12.2. The van der Waals surface area contributed by atoms with Crippen molar-refractivity contribution >= 4 is 5.91 Å².